The predicted octanol–water partition coefficient (Wildman–Crippen LogP) is 5.80. The molecule has 0 spiro atoms. The van der Waals surface area contributed by atoms with Gasteiger partial charge in [-0.2, -0.15) is 0 Å². The second-order valence-electron chi connectivity index (χ2n) is 10.1. The summed E-state index contributed by atoms with van der Waals surface area (Å²) in [6.07, 6.45) is 1.92. The molecule has 4 rings (SSSR count). The van der Waals surface area contributed by atoms with Crippen LogP contribution in [0.2, 0.25) is 10.0 Å². The molecule has 2 aromatic carbocycles. The first-order valence-electron chi connectivity index (χ1n) is 12.1. The molecule has 1 aliphatic carbocycles. The lowest BCUT2D eigenvalue weighted by molar-refractivity contribution is -0.152. The zero-order chi connectivity index (χ0) is 28.7. The lowest BCUT2D eigenvalue weighted by atomic mass is 10.0. The van der Waals surface area contributed by atoms with Crippen LogP contribution in [0.1, 0.15) is 52.1 Å². The van der Waals surface area contributed by atoms with E-state index >= 15 is 0 Å². The van der Waals surface area contributed by atoms with Gasteiger partial charge in [0.15, 0.2) is 9.84 Å². The minimum Gasteiger partial charge on any atom is -0.481 e. The van der Waals surface area contributed by atoms with Crippen LogP contribution in [-0.4, -0.2) is 60.1 Å². The Kier molecular flexibility index (Phi) is 11.6. The molecule has 2 atom stereocenters. The third-order valence-corrected chi connectivity index (χ3v) is 9.26. The Hall–Kier alpha value is -2.20. The van der Waals surface area contributed by atoms with Crippen LogP contribution in [0.5, 0.6) is 0 Å². The molecule has 7 nitrogen and oxygen atoms in total. The fourth-order valence-electron chi connectivity index (χ4n) is 3.78. The Labute approximate surface area is 233 Å². The number of sulfone groups is 1. The zero-order valence-corrected chi connectivity index (χ0v) is 24.2. The summed E-state index contributed by atoms with van der Waals surface area (Å²) < 4.78 is 42.5. The van der Waals surface area contributed by atoms with Crippen molar-refractivity contribution in [2.75, 3.05) is 19.0 Å². The molecule has 1 saturated heterocycles. The molecule has 38 heavy (non-hydrogen) atoms. The molecule has 210 valence electrons. The molecule has 11 heteroatoms. The topological polar surface area (TPSA) is 101 Å². The van der Waals surface area contributed by atoms with E-state index < -0.39 is 20.6 Å². The maximum atomic E-state index is 12.8. The van der Waals surface area contributed by atoms with Gasteiger partial charge < -0.3 is 14.7 Å². The minimum atomic E-state index is -3.34. The zero-order valence-electron chi connectivity index (χ0n) is 21.9. The van der Waals surface area contributed by atoms with Crippen molar-refractivity contribution in [3.05, 3.63) is 70.0 Å². The van der Waals surface area contributed by atoms with Crippen LogP contribution in [0.25, 0.3) is 0 Å². The van der Waals surface area contributed by atoms with Crippen LogP contribution < -0.4 is 0 Å². The highest BCUT2D eigenvalue weighted by Crippen LogP contribution is 2.41. The SMILES string of the molecule is CC(=O)O.CC(C)(C)S(=O)(=O)CC(C1CC1)N1C(=O)COCC1c1ccc(Cl)cc1.Fc1ccccc1Cl. The quantitative estimate of drug-likeness (QED) is 0.473. The standard InChI is InChI=1S/C19H26ClNO4S.C6H4ClF.C2H4O2/c1-19(2,3)26(23,24)12-17(14-4-5-14)21-16(10-25-11-18(21)22)13-6-8-15(20)9-7-13;7-5-3-1-2-4-6(5)8;1-2(3)4/h6-9,14,16-17H,4-5,10-12H2,1-3H3;1-4H;1H3,(H,3,4). The van der Waals surface area contributed by atoms with E-state index in [-0.39, 0.29) is 47.1 Å². The smallest absolute Gasteiger partial charge is 0.300 e. The van der Waals surface area contributed by atoms with Gasteiger partial charge in [0, 0.05) is 18.0 Å². The van der Waals surface area contributed by atoms with Crippen LogP contribution >= 0.6 is 23.2 Å². The highest BCUT2D eigenvalue weighted by molar-refractivity contribution is 7.92. The first-order valence-corrected chi connectivity index (χ1v) is 14.5. The van der Waals surface area contributed by atoms with E-state index in [2.05, 4.69) is 0 Å². The van der Waals surface area contributed by atoms with Gasteiger partial charge in [-0.3, -0.25) is 9.59 Å². The molecule has 2 unspecified atom stereocenters. The molecule has 2 aliphatic rings. The highest BCUT2D eigenvalue weighted by atomic mass is 35.5. The fourth-order valence-corrected chi connectivity index (χ4v) is 5.43. The van der Waals surface area contributed by atoms with E-state index in [0.29, 0.717) is 11.6 Å². The molecule has 1 N–H and O–H groups in total. The molecule has 1 aliphatic heterocycles. The van der Waals surface area contributed by atoms with Crippen LogP contribution in [-0.2, 0) is 24.2 Å². The number of carbonyl (C=O) groups excluding carboxylic acids is 1. The number of carboxylic acids is 1. The molecular formula is C27H34Cl2FNO6S. The van der Waals surface area contributed by atoms with Crippen LogP contribution in [0, 0.1) is 11.7 Å². The van der Waals surface area contributed by atoms with E-state index in [0.717, 1.165) is 25.3 Å². The minimum absolute atomic E-state index is 0.00285. The Bertz CT molecular complexity index is 1170. The van der Waals surface area contributed by atoms with E-state index in [9.17, 15) is 17.6 Å². The van der Waals surface area contributed by atoms with Crippen molar-refractivity contribution in [2.45, 2.75) is 57.4 Å². The summed E-state index contributed by atoms with van der Waals surface area (Å²) in [5, 5.41) is 8.21. The second kappa shape index (κ2) is 13.7. The van der Waals surface area contributed by atoms with Gasteiger partial charge in [-0.05, 0) is 69.4 Å². The van der Waals surface area contributed by atoms with Crippen molar-refractivity contribution in [1.82, 2.24) is 4.90 Å². The third kappa shape index (κ3) is 9.52. The number of morpholine rings is 1. The number of halogens is 3. The molecule has 1 saturated carbocycles. The van der Waals surface area contributed by atoms with Crippen molar-refractivity contribution in [2.24, 2.45) is 5.92 Å². The second-order valence-corrected chi connectivity index (χ2v) is 13.7. The van der Waals surface area contributed by atoms with Crippen LogP contribution in [0.4, 0.5) is 4.39 Å². The summed E-state index contributed by atoms with van der Waals surface area (Å²) in [7, 11) is -3.34. The molecule has 2 fully saturated rings. The van der Waals surface area contributed by atoms with E-state index in [1.54, 1.807) is 49.9 Å². The molecule has 2 aromatic rings. The van der Waals surface area contributed by atoms with Gasteiger partial charge in [-0.15, -0.1) is 0 Å². The maximum absolute atomic E-state index is 12.8. The normalized spacial score (nSPS) is 18.4. The Balaban J connectivity index is 0.000000349. The first kappa shape index (κ1) is 32.0. The number of rotatable bonds is 5. The van der Waals surface area contributed by atoms with E-state index in [1.165, 1.54) is 12.1 Å². The van der Waals surface area contributed by atoms with Gasteiger partial charge in [-0.1, -0.05) is 47.5 Å². The van der Waals surface area contributed by atoms with Crippen molar-refractivity contribution in [3.8, 4) is 0 Å². The van der Waals surface area contributed by atoms with Gasteiger partial charge in [-0.25, -0.2) is 12.8 Å². The molecule has 0 bridgehead atoms. The Morgan fingerprint density at radius 2 is 1.68 bits per heavy atom. The number of hydrogen-bond donors (Lipinski definition) is 1. The fraction of sp³-hybridized carbons (Fsp3) is 0.481. The van der Waals surface area contributed by atoms with Gasteiger partial charge in [0.05, 0.1) is 28.2 Å². The predicted molar refractivity (Wildman–Crippen MR) is 147 cm³/mol. The third-order valence-electron chi connectivity index (χ3n) is 6.05. The molecule has 0 aromatic heterocycles. The van der Waals surface area contributed by atoms with Crippen molar-refractivity contribution < 1.29 is 32.2 Å². The van der Waals surface area contributed by atoms with Gasteiger partial charge in [0.2, 0.25) is 5.91 Å². The number of carbonyl (C=O) groups is 2. The lowest BCUT2D eigenvalue weighted by Gasteiger charge is -2.42. The molecule has 1 heterocycles. The number of aliphatic carboxylic acids is 1. The van der Waals surface area contributed by atoms with Gasteiger partial charge in [0.1, 0.15) is 12.4 Å². The Morgan fingerprint density at radius 1 is 1.13 bits per heavy atom. The van der Waals surface area contributed by atoms with E-state index in [4.69, 9.17) is 37.8 Å². The van der Waals surface area contributed by atoms with Gasteiger partial charge >= 0.3 is 0 Å². The highest BCUT2D eigenvalue weighted by Gasteiger charge is 2.46. The van der Waals surface area contributed by atoms with Crippen molar-refractivity contribution >= 4 is 44.9 Å². The summed E-state index contributed by atoms with van der Waals surface area (Å²) in [6, 6.07) is 12.9. The summed E-state index contributed by atoms with van der Waals surface area (Å²) in [6.45, 7) is 6.59. The summed E-state index contributed by atoms with van der Waals surface area (Å²) in [5.74, 6) is -1.10. The van der Waals surface area contributed by atoms with Crippen LogP contribution in [0.3, 0.4) is 0 Å². The number of benzene rings is 2. The number of amides is 1. The van der Waals surface area contributed by atoms with Crippen molar-refractivity contribution in [3.63, 3.8) is 0 Å². The number of hydrogen-bond acceptors (Lipinski definition) is 5. The molecule has 1 amide bonds. The molecular weight excluding hydrogens is 556 g/mol. The van der Waals surface area contributed by atoms with Crippen molar-refractivity contribution in [1.29, 1.82) is 0 Å². The first-order chi connectivity index (χ1) is 17.6. The number of nitrogens with zero attached hydrogens (tertiary/aromatic N) is 1. The van der Waals surface area contributed by atoms with Crippen LogP contribution in [0.15, 0.2) is 48.5 Å². The maximum Gasteiger partial charge on any atom is 0.300 e. The van der Waals surface area contributed by atoms with E-state index in [1.807, 2.05) is 12.1 Å². The average molecular weight is 591 g/mol. The largest absolute Gasteiger partial charge is 0.481 e. The monoisotopic (exact) mass is 589 g/mol. The lowest BCUT2D eigenvalue weighted by Crippen LogP contribution is -2.54. The number of ether oxygens (including phenoxy) is 1. The molecule has 0 radical (unpaired) electrons. The summed E-state index contributed by atoms with van der Waals surface area (Å²) in [5.41, 5.74) is 0.918. The number of carboxylic acid groups (broad SMARTS) is 1. The Morgan fingerprint density at radius 3 is 2.13 bits per heavy atom. The van der Waals surface area contributed by atoms with Gasteiger partial charge in [0.25, 0.3) is 5.97 Å². The summed E-state index contributed by atoms with van der Waals surface area (Å²) in [4.78, 5) is 23.5. The average Bonchev–Trinajstić information content (AvgIpc) is 3.65. The summed E-state index contributed by atoms with van der Waals surface area (Å²) >= 11 is 11.3.